The number of nitrogens with two attached hydrogens (primary N) is 1. The molecular weight excluding hydrogens is 314 g/mol. The van der Waals surface area contributed by atoms with E-state index in [-0.39, 0.29) is 11.9 Å². The van der Waals surface area contributed by atoms with Crippen molar-refractivity contribution < 1.29 is 19.5 Å². The highest BCUT2D eigenvalue weighted by Crippen LogP contribution is 2.43. The highest BCUT2D eigenvalue weighted by atomic mass is 33.1. The molecule has 0 aromatic carbocycles. The standard InChI is InChI=1S/C12H21N3O4S2/c1-5(14-12(19)8(13)4-9(16)17)11(18)15-10-6(2)20-21-7(10)3/h5-8,10H,4,13H2,1-3H3,(H,14,19)(H,15,18)(H,16,17)/t5-,6?,7?,8+,10?/m1/s1. The number of rotatable bonds is 6. The minimum absolute atomic E-state index is 0.0412. The van der Waals surface area contributed by atoms with Crippen molar-refractivity contribution in [1.82, 2.24) is 10.6 Å². The number of carbonyl (C=O) groups is 3. The van der Waals surface area contributed by atoms with E-state index in [2.05, 4.69) is 10.6 Å². The Morgan fingerprint density at radius 2 is 1.71 bits per heavy atom. The van der Waals surface area contributed by atoms with Crippen molar-refractivity contribution in [3.05, 3.63) is 0 Å². The van der Waals surface area contributed by atoms with Gasteiger partial charge in [-0.25, -0.2) is 0 Å². The van der Waals surface area contributed by atoms with Crippen molar-refractivity contribution in [2.24, 2.45) is 5.73 Å². The maximum atomic E-state index is 12.1. The Kier molecular flexibility index (Phi) is 6.82. The molecule has 2 amide bonds. The summed E-state index contributed by atoms with van der Waals surface area (Å²) in [7, 11) is 3.44. The number of hydrogen-bond donors (Lipinski definition) is 4. The van der Waals surface area contributed by atoms with Crippen LogP contribution in [0.15, 0.2) is 0 Å². The van der Waals surface area contributed by atoms with Gasteiger partial charge in [-0.05, 0) is 6.92 Å². The van der Waals surface area contributed by atoms with Gasteiger partial charge < -0.3 is 21.5 Å². The molecule has 0 bridgehead atoms. The van der Waals surface area contributed by atoms with Crippen LogP contribution in [0.5, 0.6) is 0 Å². The van der Waals surface area contributed by atoms with Gasteiger partial charge in [-0.15, -0.1) is 0 Å². The van der Waals surface area contributed by atoms with E-state index in [9.17, 15) is 14.4 Å². The largest absolute Gasteiger partial charge is 0.481 e. The van der Waals surface area contributed by atoms with Gasteiger partial charge in [-0.2, -0.15) is 0 Å². The monoisotopic (exact) mass is 335 g/mol. The van der Waals surface area contributed by atoms with Crippen LogP contribution in [0.1, 0.15) is 27.2 Å². The molecule has 5 N–H and O–H groups in total. The normalized spacial score (nSPS) is 27.7. The van der Waals surface area contributed by atoms with Gasteiger partial charge >= 0.3 is 5.97 Å². The van der Waals surface area contributed by atoms with Crippen LogP contribution >= 0.6 is 21.6 Å². The summed E-state index contributed by atoms with van der Waals surface area (Å²) < 4.78 is 0. The van der Waals surface area contributed by atoms with Crippen LogP contribution in [-0.2, 0) is 14.4 Å². The number of carbonyl (C=O) groups excluding carboxylic acids is 2. The molecule has 1 aliphatic rings. The summed E-state index contributed by atoms with van der Waals surface area (Å²) in [6, 6.07) is -1.87. The molecule has 120 valence electrons. The van der Waals surface area contributed by atoms with Gasteiger partial charge in [0, 0.05) is 10.5 Å². The van der Waals surface area contributed by atoms with Crippen LogP contribution in [0.3, 0.4) is 0 Å². The van der Waals surface area contributed by atoms with Gasteiger partial charge in [0.15, 0.2) is 0 Å². The second-order valence-electron chi connectivity index (χ2n) is 5.07. The molecule has 21 heavy (non-hydrogen) atoms. The maximum absolute atomic E-state index is 12.1. The van der Waals surface area contributed by atoms with Gasteiger partial charge in [0.2, 0.25) is 11.8 Å². The van der Waals surface area contributed by atoms with E-state index in [4.69, 9.17) is 10.8 Å². The molecule has 1 aliphatic heterocycles. The highest BCUT2D eigenvalue weighted by molar-refractivity contribution is 8.77. The summed E-state index contributed by atoms with van der Waals surface area (Å²) in [5.41, 5.74) is 5.44. The summed E-state index contributed by atoms with van der Waals surface area (Å²) >= 11 is 0. The zero-order valence-corrected chi connectivity index (χ0v) is 13.8. The molecule has 0 aromatic rings. The number of hydrogen-bond acceptors (Lipinski definition) is 6. The summed E-state index contributed by atoms with van der Waals surface area (Å²) in [4.78, 5) is 34.2. The quantitative estimate of drug-likeness (QED) is 0.502. The lowest BCUT2D eigenvalue weighted by Gasteiger charge is -2.23. The predicted molar refractivity (Wildman–Crippen MR) is 83.9 cm³/mol. The number of amides is 2. The molecule has 0 aromatic heterocycles. The van der Waals surface area contributed by atoms with E-state index in [0.717, 1.165) is 0 Å². The SMILES string of the molecule is CC1SSC(C)C1NC(=O)[C@@H](C)NC(=O)[C@@H](N)CC(=O)O. The summed E-state index contributed by atoms with van der Waals surface area (Å²) in [6.07, 6.45) is -0.468. The number of carboxylic acid groups (broad SMARTS) is 1. The summed E-state index contributed by atoms with van der Waals surface area (Å²) in [5.74, 6) is -2.09. The van der Waals surface area contributed by atoms with Gasteiger partial charge in [-0.1, -0.05) is 35.4 Å². The van der Waals surface area contributed by atoms with Crippen LogP contribution < -0.4 is 16.4 Å². The summed E-state index contributed by atoms with van der Waals surface area (Å²) in [6.45, 7) is 5.63. The molecule has 0 saturated carbocycles. The van der Waals surface area contributed by atoms with E-state index in [1.54, 1.807) is 28.5 Å². The van der Waals surface area contributed by atoms with Crippen LogP contribution in [0.2, 0.25) is 0 Å². The van der Waals surface area contributed by atoms with Gasteiger partial charge in [0.25, 0.3) is 0 Å². The van der Waals surface area contributed by atoms with Crippen LogP contribution in [0, 0.1) is 0 Å². The van der Waals surface area contributed by atoms with E-state index in [1.165, 1.54) is 0 Å². The first-order valence-corrected chi connectivity index (χ1v) is 8.90. The van der Waals surface area contributed by atoms with Gasteiger partial charge in [0.05, 0.1) is 18.5 Å². The van der Waals surface area contributed by atoms with E-state index < -0.39 is 30.4 Å². The fraction of sp³-hybridized carbons (Fsp3) is 0.750. The van der Waals surface area contributed by atoms with E-state index >= 15 is 0 Å². The first-order valence-electron chi connectivity index (χ1n) is 6.62. The fourth-order valence-electron chi connectivity index (χ4n) is 1.87. The molecule has 7 nitrogen and oxygen atoms in total. The average molecular weight is 335 g/mol. The van der Waals surface area contributed by atoms with E-state index in [1.807, 2.05) is 13.8 Å². The summed E-state index contributed by atoms with van der Waals surface area (Å²) in [5, 5.41) is 14.5. The third-order valence-corrected chi connectivity index (χ3v) is 6.62. The van der Waals surface area contributed by atoms with Crippen LogP contribution in [-0.4, -0.2) is 51.5 Å². The minimum atomic E-state index is -1.16. The Hall–Kier alpha value is -0.930. The molecule has 0 aliphatic carbocycles. The lowest BCUT2D eigenvalue weighted by atomic mass is 10.1. The first-order chi connectivity index (χ1) is 9.72. The number of nitrogens with one attached hydrogen (secondary N) is 2. The fourth-order valence-corrected chi connectivity index (χ4v) is 4.93. The molecule has 9 heteroatoms. The molecule has 0 spiro atoms. The molecule has 4 atom stereocenters. The van der Waals surface area contributed by atoms with Crippen molar-refractivity contribution in [3.8, 4) is 0 Å². The van der Waals surface area contributed by atoms with Crippen molar-refractivity contribution in [2.75, 3.05) is 0 Å². The minimum Gasteiger partial charge on any atom is -0.481 e. The number of carboxylic acids is 1. The molecule has 0 radical (unpaired) electrons. The van der Waals surface area contributed by atoms with Crippen molar-refractivity contribution in [2.45, 2.75) is 55.8 Å². The van der Waals surface area contributed by atoms with Gasteiger partial charge in [0.1, 0.15) is 6.04 Å². The molecule has 1 rings (SSSR count). The smallest absolute Gasteiger partial charge is 0.305 e. The third kappa shape index (κ3) is 5.40. The second kappa shape index (κ2) is 7.90. The molecule has 1 saturated heterocycles. The Morgan fingerprint density at radius 3 is 2.19 bits per heavy atom. The lowest BCUT2D eigenvalue weighted by molar-refractivity contribution is -0.139. The Labute approximate surface area is 131 Å². The highest BCUT2D eigenvalue weighted by Gasteiger charge is 2.34. The maximum Gasteiger partial charge on any atom is 0.305 e. The molecule has 2 unspecified atom stereocenters. The zero-order valence-electron chi connectivity index (χ0n) is 12.2. The first kappa shape index (κ1) is 18.1. The molecular formula is C12H21N3O4S2. The third-order valence-electron chi connectivity index (χ3n) is 3.16. The molecule has 1 fully saturated rings. The Bertz CT molecular complexity index is 411. The van der Waals surface area contributed by atoms with Crippen molar-refractivity contribution >= 4 is 39.4 Å². The van der Waals surface area contributed by atoms with Gasteiger partial charge in [-0.3, -0.25) is 14.4 Å². The lowest BCUT2D eigenvalue weighted by Crippen LogP contribution is -2.54. The Balaban J connectivity index is 2.47. The second-order valence-corrected chi connectivity index (χ2v) is 8.10. The van der Waals surface area contributed by atoms with Crippen LogP contribution in [0.4, 0.5) is 0 Å². The topological polar surface area (TPSA) is 122 Å². The Morgan fingerprint density at radius 1 is 1.19 bits per heavy atom. The van der Waals surface area contributed by atoms with Crippen LogP contribution in [0.25, 0.3) is 0 Å². The van der Waals surface area contributed by atoms with E-state index in [0.29, 0.717) is 10.5 Å². The van der Waals surface area contributed by atoms with Crippen molar-refractivity contribution in [3.63, 3.8) is 0 Å². The van der Waals surface area contributed by atoms with Crippen molar-refractivity contribution in [1.29, 1.82) is 0 Å². The average Bonchev–Trinajstić information content (AvgIpc) is 2.69. The molecule has 1 heterocycles. The number of aliphatic carboxylic acids is 1. The zero-order chi connectivity index (χ0) is 16.2. The predicted octanol–water partition coefficient (Wildman–Crippen LogP) is -0.0501.